The summed E-state index contributed by atoms with van der Waals surface area (Å²) >= 11 is 0. The number of fused-ring (bicyclic) bond motifs is 1. The Labute approximate surface area is 224 Å². The Kier molecular flexibility index (Phi) is 6.79. The van der Waals surface area contributed by atoms with E-state index in [1.807, 2.05) is 0 Å². The van der Waals surface area contributed by atoms with Gasteiger partial charge in [0.2, 0.25) is 0 Å². The van der Waals surface area contributed by atoms with Gasteiger partial charge in [0, 0.05) is 11.1 Å². The molecule has 0 fully saturated rings. The minimum absolute atomic E-state index is 0.0940. The lowest BCUT2D eigenvalue weighted by atomic mass is 10.1. The fourth-order valence-corrected chi connectivity index (χ4v) is 4.29. The molecule has 0 atom stereocenters. The van der Waals surface area contributed by atoms with Gasteiger partial charge in [0.1, 0.15) is 11.5 Å². The molecule has 0 bridgehead atoms. The number of ether oxygens (including phenoxy) is 2. The first-order valence-electron chi connectivity index (χ1n) is 11.9. The van der Waals surface area contributed by atoms with Crippen LogP contribution in [0.2, 0.25) is 0 Å². The molecule has 1 heterocycles. The number of amides is 4. The van der Waals surface area contributed by atoms with Crippen LogP contribution >= 0.6 is 0 Å². The number of hydrogen-bond acceptors (Lipinski definition) is 6. The van der Waals surface area contributed by atoms with Gasteiger partial charge in [-0.05, 0) is 60.7 Å². The minimum atomic E-state index is -0.593. The molecule has 194 valence electrons. The van der Waals surface area contributed by atoms with Crippen LogP contribution in [-0.2, 0) is 0 Å². The van der Waals surface area contributed by atoms with Gasteiger partial charge in [0.25, 0.3) is 23.6 Å². The number of para-hydroxylation sites is 4. The van der Waals surface area contributed by atoms with Crippen LogP contribution in [0.4, 0.5) is 17.1 Å². The van der Waals surface area contributed by atoms with Gasteiger partial charge in [-0.3, -0.25) is 19.2 Å². The molecule has 1 aliphatic heterocycles. The molecule has 0 unspecified atom stereocenters. The van der Waals surface area contributed by atoms with Crippen LogP contribution < -0.4 is 25.0 Å². The molecule has 4 amide bonds. The molecule has 5 rings (SSSR count). The quantitative estimate of drug-likeness (QED) is 0.331. The van der Waals surface area contributed by atoms with Crippen LogP contribution in [-0.4, -0.2) is 37.8 Å². The van der Waals surface area contributed by atoms with Gasteiger partial charge in [0.05, 0.1) is 42.4 Å². The first kappa shape index (κ1) is 25.2. The Balaban J connectivity index is 1.38. The Morgan fingerprint density at radius 1 is 0.615 bits per heavy atom. The fraction of sp³-hybridized carbons (Fsp3) is 0.0667. The molecule has 9 nitrogen and oxygen atoms in total. The maximum atomic E-state index is 13.3. The van der Waals surface area contributed by atoms with Gasteiger partial charge in [0.15, 0.2) is 0 Å². The number of nitrogens with zero attached hydrogens (tertiary/aromatic N) is 1. The number of carbonyl (C=O) groups excluding carboxylic acids is 4. The summed E-state index contributed by atoms with van der Waals surface area (Å²) in [7, 11) is 3.00. The SMILES string of the molecule is COc1ccccc1NC(=O)c1cccc(N2C(=O)c3ccc(C(=O)Nc4ccccc4OC)cc3C2=O)c1. The summed E-state index contributed by atoms with van der Waals surface area (Å²) in [6.07, 6.45) is 0. The van der Waals surface area contributed by atoms with Crippen molar-refractivity contribution in [1.29, 1.82) is 0 Å². The summed E-state index contributed by atoms with van der Waals surface area (Å²) in [4.78, 5) is 53.4. The van der Waals surface area contributed by atoms with Gasteiger partial charge in [-0.25, -0.2) is 4.90 Å². The molecule has 9 heteroatoms. The molecular weight excluding hydrogens is 498 g/mol. The summed E-state index contributed by atoms with van der Waals surface area (Å²) in [6, 6.07) is 24.4. The van der Waals surface area contributed by atoms with E-state index in [2.05, 4.69) is 10.6 Å². The molecule has 4 aromatic carbocycles. The average molecular weight is 522 g/mol. The number of benzene rings is 4. The molecule has 0 spiro atoms. The zero-order valence-electron chi connectivity index (χ0n) is 21.1. The van der Waals surface area contributed by atoms with E-state index in [1.165, 1.54) is 38.5 Å². The van der Waals surface area contributed by atoms with Crippen LogP contribution in [0.15, 0.2) is 91.0 Å². The summed E-state index contributed by atoms with van der Waals surface area (Å²) < 4.78 is 10.5. The van der Waals surface area contributed by atoms with Gasteiger partial charge in [-0.1, -0.05) is 30.3 Å². The molecule has 1 aliphatic rings. The number of nitrogens with one attached hydrogen (secondary N) is 2. The molecule has 0 aromatic heterocycles. The van der Waals surface area contributed by atoms with Crippen molar-refractivity contribution in [2.45, 2.75) is 0 Å². The number of imide groups is 1. The zero-order valence-corrected chi connectivity index (χ0v) is 21.1. The summed E-state index contributed by atoms with van der Waals surface area (Å²) in [5, 5.41) is 5.54. The highest BCUT2D eigenvalue weighted by Gasteiger charge is 2.37. The maximum absolute atomic E-state index is 13.3. The normalized spacial score (nSPS) is 12.1. The van der Waals surface area contributed by atoms with Crippen LogP contribution in [0.5, 0.6) is 11.5 Å². The zero-order chi connectivity index (χ0) is 27.5. The standard InChI is InChI=1S/C30H23N3O6/c1-38-25-12-5-3-10-23(25)31-27(34)18-8-7-9-20(16-18)33-29(36)21-15-14-19(17-22(21)30(33)37)28(35)32-24-11-4-6-13-26(24)39-2/h3-17H,1-2H3,(H,31,34)(H,32,35). The van der Waals surface area contributed by atoms with Crippen molar-refractivity contribution in [3.63, 3.8) is 0 Å². The van der Waals surface area contributed by atoms with E-state index in [0.29, 0.717) is 22.9 Å². The van der Waals surface area contributed by atoms with Crippen LogP contribution in [0.25, 0.3) is 0 Å². The molecule has 4 aromatic rings. The van der Waals surface area contributed by atoms with Gasteiger partial charge >= 0.3 is 0 Å². The predicted molar refractivity (Wildman–Crippen MR) is 146 cm³/mol. The number of carbonyl (C=O) groups is 4. The number of rotatable bonds is 7. The summed E-state index contributed by atoms with van der Waals surface area (Å²) in [6.45, 7) is 0. The molecule has 0 saturated heterocycles. The second kappa shape index (κ2) is 10.5. The second-order valence-corrected chi connectivity index (χ2v) is 8.57. The minimum Gasteiger partial charge on any atom is -0.495 e. The summed E-state index contributed by atoms with van der Waals surface area (Å²) in [5.74, 6) is -1.06. The molecule has 2 N–H and O–H groups in total. The van der Waals surface area contributed by atoms with Gasteiger partial charge in [-0.15, -0.1) is 0 Å². The van der Waals surface area contributed by atoms with Crippen molar-refractivity contribution < 1.29 is 28.7 Å². The van der Waals surface area contributed by atoms with Crippen LogP contribution in [0, 0.1) is 0 Å². The largest absolute Gasteiger partial charge is 0.495 e. The lowest BCUT2D eigenvalue weighted by molar-refractivity contribution is 0.0923. The first-order chi connectivity index (χ1) is 18.9. The van der Waals surface area contributed by atoms with Gasteiger partial charge < -0.3 is 20.1 Å². The molecule has 0 saturated carbocycles. The van der Waals surface area contributed by atoms with E-state index < -0.39 is 23.6 Å². The highest BCUT2D eigenvalue weighted by atomic mass is 16.5. The van der Waals surface area contributed by atoms with E-state index in [1.54, 1.807) is 66.7 Å². The van der Waals surface area contributed by atoms with Gasteiger partial charge in [-0.2, -0.15) is 0 Å². The Morgan fingerprint density at radius 3 is 1.74 bits per heavy atom. The Hall–Kier alpha value is -5.44. The van der Waals surface area contributed by atoms with Crippen molar-refractivity contribution in [1.82, 2.24) is 0 Å². The molecular formula is C30H23N3O6. The first-order valence-corrected chi connectivity index (χ1v) is 11.9. The molecule has 0 radical (unpaired) electrons. The third kappa shape index (κ3) is 4.80. The predicted octanol–water partition coefficient (Wildman–Crippen LogP) is 5.01. The monoisotopic (exact) mass is 521 g/mol. The van der Waals surface area contributed by atoms with E-state index in [0.717, 1.165) is 4.90 Å². The van der Waals surface area contributed by atoms with Crippen LogP contribution in [0.1, 0.15) is 41.4 Å². The second-order valence-electron chi connectivity index (χ2n) is 8.57. The van der Waals surface area contributed by atoms with E-state index in [4.69, 9.17) is 9.47 Å². The third-order valence-electron chi connectivity index (χ3n) is 6.23. The van der Waals surface area contributed by atoms with Crippen molar-refractivity contribution in [3.05, 3.63) is 113 Å². The van der Waals surface area contributed by atoms with Crippen molar-refractivity contribution in [2.24, 2.45) is 0 Å². The third-order valence-corrected chi connectivity index (χ3v) is 6.23. The number of hydrogen-bond donors (Lipinski definition) is 2. The van der Waals surface area contributed by atoms with Crippen molar-refractivity contribution in [3.8, 4) is 11.5 Å². The topological polar surface area (TPSA) is 114 Å². The Bertz CT molecular complexity index is 1630. The van der Waals surface area contributed by atoms with E-state index in [9.17, 15) is 19.2 Å². The van der Waals surface area contributed by atoms with E-state index >= 15 is 0 Å². The molecule has 0 aliphatic carbocycles. The summed E-state index contributed by atoms with van der Waals surface area (Å²) in [5.41, 5.74) is 1.88. The lowest BCUT2D eigenvalue weighted by Crippen LogP contribution is -2.29. The highest BCUT2D eigenvalue weighted by molar-refractivity contribution is 6.35. The fourth-order valence-electron chi connectivity index (χ4n) is 4.29. The maximum Gasteiger partial charge on any atom is 0.266 e. The van der Waals surface area contributed by atoms with Crippen molar-refractivity contribution in [2.75, 3.05) is 29.8 Å². The van der Waals surface area contributed by atoms with Crippen LogP contribution in [0.3, 0.4) is 0 Å². The number of methoxy groups -OCH3 is 2. The highest BCUT2D eigenvalue weighted by Crippen LogP contribution is 2.31. The lowest BCUT2D eigenvalue weighted by Gasteiger charge is -2.15. The van der Waals surface area contributed by atoms with E-state index in [-0.39, 0.29) is 27.9 Å². The van der Waals surface area contributed by atoms with Crippen molar-refractivity contribution >= 4 is 40.7 Å². The Morgan fingerprint density at radius 2 is 1.15 bits per heavy atom. The molecule has 39 heavy (non-hydrogen) atoms. The average Bonchev–Trinajstić information content (AvgIpc) is 3.22. The smallest absolute Gasteiger partial charge is 0.266 e. The number of anilines is 3.